The standard InChI is InChI=1S/C10H15N5O2S/c1-2-12-10-14-8(11)7(18-10)9(17)15-4-3-13-6(16)5-15/h2-5,11H2,1H3,(H,12,14)(H,13,16). The number of nitrogens with one attached hydrogen (secondary N) is 2. The number of carbonyl (C=O) groups is 2. The van der Waals surface area contributed by atoms with Crippen LogP contribution in [0.2, 0.25) is 0 Å². The van der Waals surface area contributed by atoms with E-state index in [9.17, 15) is 9.59 Å². The third-order valence-corrected chi connectivity index (χ3v) is 3.52. The summed E-state index contributed by atoms with van der Waals surface area (Å²) in [5.74, 6) is -0.166. The third-order valence-electron chi connectivity index (χ3n) is 2.50. The summed E-state index contributed by atoms with van der Waals surface area (Å²) in [5.41, 5.74) is 5.73. The van der Waals surface area contributed by atoms with Crippen LogP contribution in [0.25, 0.3) is 0 Å². The van der Waals surface area contributed by atoms with E-state index < -0.39 is 0 Å². The zero-order chi connectivity index (χ0) is 13.1. The van der Waals surface area contributed by atoms with Crippen molar-refractivity contribution in [2.75, 3.05) is 37.2 Å². The van der Waals surface area contributed by atoms with Crippen LogP contribution >= 0.6 is 11.3 Å². The maximum atomic E-state index is 12.2. The lowest BCUT2D eigenvalue weighted by Crippen LogP contribution is -2.49. The number of aromatic nitrogens is 1. The second kappa shape index (κ2) is 5.21. The molecule has 0 aliphatic carbocycles. The van der Waals surface area contributed by atoms with E-state index in [-0.39, 0.29) is 24.2 Å². The Bertz CT molecular complexity index is 473. The largest absolute Gasteiger partial charge is 0.382 e. The molecule has 1 saturated heterocycles. The van der Waals surface area contributed by atoms with Crippen LogP contribution in [0.15, 0.2) is 0 Å². The Morgan fingerprint density at radius 2 is 2.44 bits per heavy atom. The Kier molecular flexibility index (Phi) is 3.66. The average Bonchev–Trinajstić information content (AvgIpc) is 2.70. The van der Waals surface area contributed by atoms with Gasteiger partial charge in [0.05, 0.1) is 6.54 Å². The van der Waals surface area contributed by atoms with Crippen molar-refractivity contribution in [2.24, 2.45) is 0 Å². The number of thiazole rings is 1. The number of nitrogens with two attached hydrogens (primary N) is 1. The Morgan fingerprint density at radius 3 is 3.11 bits per heavy atom. The molecular formula is C10H15N5O2S. The van der Waals surface area contributed by atoms with Gasteiger partial charge in [-0.3, -0.25) is 9.59 Å². The smallest absolute Gasteiger partial charge is 0.268 e. The van der Waals surface area contributed by atoms with Crippen molar-refractivity contribution in [3.8, 4) is 0 Å². The molecule has 1 aromatic rings. The molecule has 0 bridgehead atoms. The molecule has 4 N–H and O–H groups in total. The number of anilines is 2. The zero-order valence-electron chi connectivity index (χ0n) is 10.0. The van der Waals surface area contributed by atoms with Gasteiger partial charge < -0.3 is 21.3 Å². The van der Waals surface area contributed by atoms with Gasteiger partial charge in [-0.15, -0.1) is 0 Å². The zero-order valence-corrected chi connectivity index (χ0v) is 10.8. The number of hydrogen-bond donors (Lipinski definition) is 3. The number of nitrogen functional groups attached to an aromatic ring is 1. The number of hydrogen-bond acceptors (Lipinski definition) is 6. The van der Waals surface area contributed by atoms with Crippen molar-refractivity contribution in [1.29, 1.82) is 0 Å². The maximum absolute atomic E-state index is 12.2. The first-order chi connectivity index (χ1) is 8.61. The van der Waals surface area contributed by atoms with Gasteiger partial charge in [0.25, 0.3) is 5.91 Å². The highest BCUT2D eigenvalue weighted by Gasteiger charge is 2.26. The van der Waals surface area contributed by atoms with E-state index in [1.54, 1.807) is 0 Å². The topological polar surface area (TPSA) is 100 Å². The van der Waals surface area contributed by atoms with E-state index in [1.807, 2.05) is 6.92 Å². The summed E-state index contributed by atoms with van der Waals surface area (Å²) in [6.45, 7) is 3.70. The van der Waals surface area contributed by atoms with Gasteiger partial charge in [0.2, 0.25) is 5.91 Å². The summed E-state index contributed by atoms with van der Waals surface area (Å²) in [5, 5.41) is 6.31. The predicted octanol–water partition coefficient (Wildman–Crippen LogP) is -0.271. The van der Waals surface area contributed by atoms with Gasteiger partial charge in [-0.25, -0.2) is 4.98 Å². The summed E-state index contributed by atoms with van der Waals surface area (Å²) in [6.07, 6.45) is 0. The Hall–Kier alpha value is -1.83. The van der Waals surface area contributed by atoms with Crippen molar-refractivity contribution in [2.45, 2.75) is 6.92 Å². The fourth-order valence-electron chi connectivity index (χ4n) is 1.67. The lowest BCUT2D eigenvalue weighted by Gasteiger charge is -2.26. The van der Waals surface area contributed by atoms with E-state index in [1.165, 1.54) is 16.2 Å². The molecular weight excluding hydrogens is 254 g/mol. The van der Waals surface area contributed by atoms with Crippen LogP contribution in [0.5, 0.6) is 0 Å². The number of amides is 2. The molecule has 1 fully saturated rings. The average molecular weight is 269 g/mol. The second-order valence-corrected chi connectivity index (χ2v) is 4.84. The van der Waals surface area contributed by atoms with Gasteiger partial charge in [-0.2, -0.15) is 0 Å². The first kappa shape index (κ1) is 12.6. The summed E-state index contributed by atoms with van der Waals surface area (Å²) in [7, 11) is 0. The van der Waals surface area contributed by atoms with Crippen molar-refractivity contribution < 1.29 is 9.59 Å². The van der Waals surface area contributed by atoms with Crippen LogP contribution in [0.1, 0.15) is 16.6 Å². The summed E-state index contributed by atoms with van der Waals surface area (Å²) in [4.78, 5) is 29.4. The van der Waals surface area contributed by atoms with E-state index in [0.29, 0.717) is 29.6 Å². The molecule has 0 radical (unpaired) electrons. The highest BCUT2D eigenvalue weighted by Crippen LogP contribution is 2.26. The van der Waals surface area contributed by atoms with Crippen LogP contribution in [-0.4, -0.2) is 47.9 Å². The first-order valence-corrected chi connectivity index (χ1v) is 6.49. The summed E-state index contributed by atoms with van der Waals surface area (Å²) < 4.78 is 0. The lowest BCUT2D eigenvalue weighted by atomic mass is 10.3. The third kappa shape index (κ3) is 2.53. The van der Waals surface area contributed by atoms with Gasteiger partial charge in [0, 0.05) is 19.6 Å². The Balaban J connectivity index is 2.14. The van der Waals surface area contributed by atoms with E-state index in [0.717, 1.165) is 0 Å². The molecule has 0 unspecified atom stereocenters. The molecule has 0 aromatic carbocycles. The van der Waals surface area contributed by atoms with Gasteiger partial charge in [-0.05, 0) is 6.92 Å². The van der Waals surface area contributed by atoms with Crippen molar-refractivity contribution in [3.05, 3.63) is 4.88 Å². The van der Waals surface area contributed by atoms with E-state index >= 15 is 0 Å². The summed E-state index contributed by atoms with van der Waals surface area (Å²) in [6, 6.07) is 0. The van der Waals surface area contributed by atoms with E-state index in [2.05, 4.69) is 15.6 Å². The molecule has 1 aliphatic rings. The van der Waals surface area contributed by atoms with Gasteiger partial charge in [0.1, 0.15) is 10.7 Å². The molecule has 98 valence electrons. The first-order valence-electron chi connectivity index (χ1n) is 5.68. The normalized spacial score (nSPS) is 15.4. The fraction of sp³-hybridized carbons (Fsp3) is 0.500. The van der Waals surface area contributed by atoms with Crippen LogP contribution < -0.4 is 16.4 Å². The van der Waals surface area contributed by atoms with Crippen molar-refractivity contribution >= 4 is 34.1 Å². The van der Waals surface area contributed by atoms with Crippen LogP contribution in [0.3, 0.4) is 0 Å². The minimum Gasteiger partial charge on any atom is -0.382 e. The molecule has 8 heteroatoms. The minimum atomic E-state index is -0.232. The SMILES string of the molecule is CCNc1nc(N)c(C(=O)N2CCNC(=O)C2)s1. The van der Waals surface area contributed by atoms with Gasteiger partial charge >= 0.3 is 0 Å². The van der Waals surface area contributed by atoms with Crippen LogP contribution in [0, 0.1) is 0 Å². The second-order valence-electron chi connectivity index (χ2n) is 3.84. The molecule has 1 aromatic heterocycles. The molecule has 0 atom stereocenters. The monoisotopic (exact) mass is 269 g/mol. The van der Waals surface area contributed by atoms with E-state index in [4.69, 9.17) is 5.73 Å². The number of piperazine rings is 1. The molecule has 2 amide bonds. The van der Waals surface area contributed by atoms with Crippen LogP contribution in [-0.2, 0) is 4.79 Å². The summed E-state index contributed by atoms with van der Waals surface area (Å²) >= 11 is 1.22. The highest BCUT2D eigenvalue weighted by atomic mass is 32.1. The molecule has 18 heavy (non-hydrogen) atoms. The number of carbonyl (C=O) groups excluding carboxylic acids is 2. The van der Waals surface area contributed by atoms with Crippen molar-refractivity contribution in [3.63, 3.8) is 0 Å². The number of rotatable bonds is 3. The van der Waals surface area contributed by atoms with Gasteiger partial charge in [0.15, 0.2) is 5.13 Å². The fourth-order valence-corrected chi connectivity index (χ4v) is 2.59. The lowest BCUT2D eigenvalue weighted by molar-refractivity contribution is -0.123. The highest BCUT2D eigenvalue weighted by molar-refractivity contribution is 7.18. The molecule has 7 nitrogen and oxygen atoms in total. The van der Waals surface area contributed by atoms with Crippen LogP contribution in [0.4, 0.5) is 10.9 Å². The molecule has 0 saturated carbocycles. The molecule has 1 aliphatic heterocycles. The van der Waals surface area contributed by atoms with Crippen molar-refractivity contribution in [1.82, 2.24) is 15.2 Å². The predicted molar refractivity (Wildman–Crippen MR) is 69.6 cm³/mol. The minimum absolute atomic E-state index is 0.0761. The molecule has 2 rings (SSSR count). The Morgan fingerprint density at radius 1 is 1.67 bits per heavy atom. The molecule has 2 heterocycles. The quantitative estimate of drug-likeness (QED) is 0.701. The molecule has 0 spiro atoms. The maximum Gasteiger partial charge on any atom is 0.268 e. The number of nitrogens with zero attached hydrogens (tertiary/aromatic N) is 2. The Labute approximate surface area is 108 Å². The van der Waals surface area contributed by atoms with Gasteiger partial charge in [-0.1, -0.05) is 11.3 Å².